The van der Waals surface area contributed by atoms with Crippen LogP contribution in [0.5, 0.6) is 11.5 Å². The van der Waals surface area contributed by atoms with Gasteiger partial charge < -0.3 is 14.8 Å². The summed E-state index contributed by atoms with van der Waals surface area (Å²) >= 11 is 0. The van der Waals surface area contributed by atoms with E-state index in [0.717, 1.165) is 48.3 Å². The Bertz CT molecular complexity index is 719. The zero-order valence-corrected chi connectivity index (χ0v) is 16.0. The van der Waals surface area contributed by atoms with Gasteiger partial charge in [-0.2, -0.15) is 0 Å². The van der Waals surface area contributed by atoms with Crippen LogP contribution in [-0.2, 0) is 4.79 Å². The zero-order chi connectivity index (χ0) is 18.8. The molecular formula is C23H27NO3. The third-order valence-electron chi connectivity index (χ3n) is 6.12. The maximum absolute atomic E-state index is 13.4. The highest BCUT2D eigenvalue weighted by Crippen LogP contribution is 2.44. The molecule has 27 heavy (non-hydrogen) atoms. The average Bonchev–Trinajstić information content (AvgIpc) is 2.84. The number of ketones is 1. The van der Waals surface area contributed by atoms with Gasteiger partial charge in [-0.05, 0) is 48.2 Å². The Hall–Kier alpha value is -2.33. The summed E-state index contributed by atoms with van der Waals surface area (Å²) < 4.78 is 10.6. The van der Waals surface area contributed by atoms with Crippen LogP contribution in [0, 0.1) is 11.8 Å². The molecule has 2 aromatic carbocycles. The molecule has 2 bridgehead atoms. The van der Waals surface area contributed by atoms with Crippen molar-refractivity contribution in [3.8, 4) is 11.5 Å². The highest BCUT2D eigenvalue weighted by atomic mass is 16.5. The van der Waals surface area contributed by atoms with Crippen LogP contribution in [0.25, 0.3) is 0 Å². The number of rotatable bonds is 4. The highest BCUT2D eigenvalue weighted by Gasteiger charge is 2.45. The summed E-state index contributed by atoms with van der Waals surface area (Å²) in [4.78, 5) is 13.4. The van der Waals surface area contributed by atoms with Crippen LogP contribution in [0.1, 0.15) is 48.9 Å². The largest absolute Gasteiger partial charge is 0.497 e. The van der Waals surface area contributed by atoms with Gasteiger partial charge in [0.15, 0.2) is 0 Å². The second kappa shape index (κ2) is 7.73. The molecule has 2 fully saturated rings. The number of carbonyl (C=O) groups is 1. The number of fused-ring (bicyclic) bond motifs is 2. The van der Waals surface area contributed by atoms with Gasteiger partial charge in [-0.3, -0.25) is 4.79 Å². The first-order valence-electron chi connectivity index (χ1n) is 9.79. The Balaban J connectivity index is 1.69. The molecule has 4 atom stereocenters. The summed E-state index contributed by atoms with van der Waals surface area (Å²) in [5, 5.41) is 3.83. The van der Waals surface area contributed by atoms with Crippen molar-refractivity contribution in [2.24, 2.45) is 11.8 Å². The monoisotopic (exact) mass is 365 g/mol. The first kappa shape index (κ1) is 18.1. The first-order chi connectivity index (χ1) is 13.2. The Morgan fingerprint density at radius 1 is 0.741 bits per heavy atom. The molecule has 2 aliphatic rings. The molecule has 1 saturated carbocycles. The summed E-state index contributed by atoms with van der Waals surface area (Å²) in [6.45, 7) is 0. The first-order valence-corrected chi connectivity index (χ1v) is 9.79. The maximum Gasteiger partial charge on any atom is 0.142 e. The average molecular weight is 365 g/mol. The molecule has 142 valence electrons. The number of carbonyl (C=O) groups excluding carboxylic acids is 1. The van der Waals surface area contributed by atoms with Crippen molar-refractivity contribution < 1.29 is 14.3 Å². The highest BCUT2D eigenvalue weighted by molar-refractivity contribution is 5.86. The lowest BCUT2D eigenvalue weighted by Gasteiger charge is -2.41. The normalized spacial score (nSPS) is 27.7. The lowest BCUT2D eigenvalue weighted by atomic mass is 9.74. The van der Waals surface area contributed by atoms with Crippen LogP contribution >= 0.6 is 0 Å². The lowest BCUT2D eigenvalue weighted by molar-refractivity contribution is -0.131. The van der Waals surface area contributed by atoms with E-state index in [-0.39, 0.29) is 23.9 Å². The van der Waals surface area contributed by atoms with E-state index < -0.39 is 0 Å². The molecule has 4 heteroatoms. The quantitative estimate of drug-likeness (QED) is 0.869. The molecule has 0 aromatic heterocycles. The predicted molar refractivity (Wildman–Crippen MR) is 105 cm³/mol. The summed E-state index contributed by atoms with van der Waals surface area (Å²) in [6, 6.07) is 16.3. The van der Waals surface area contributed by atoms with E-state index in [9.17, 15) is 4.79 Å². The van der Waals surface area contributed by atoms with Crippen molar-refractivity contribution in [1.29, 1.82) is 0 Å². The number of hydrogen-bond acceptors (Lipinski definition) is 4. The van der Waals surface area contributed by atoms with Crippen LogP contribution in [-0.4, -0.2) is 20.0 Å². The summed E-state index contributed by atoms with van der Waals surface area (Å²) in [7, 11) is 3.35. The summed E-state index contributed by atoms with van der Waals surface area (Å²) in [5.74, 6) is 2.21. The Morgan fingerprint density at radius 2 is 1.15 bits per heavy atom. The van der Waals surface area contributed by atoms with E-state index >= 15 is 0 Å². The molecule has 0 unspecified atom stereocenters. The van der Waals surface area contributed by atoms with Crippen LogP contribution in [0.4, 0.5) is 0 Å². The number of piperidine rings is 1. The summed E-state index contributed by atoms with van der Waals surface area (Å²) in [6.07, 6.45) is 4.18. The molecule has 4 rings (SSSR count). The van der Waals surface area contributed by atoms with Gasteiger partial charge in [-0.15, -0.1) is 0 Å². The Kier molecular flexibility index (Phi) is 5.17. The van der Waals surface area contributed by atoms with Gasteiger partial charge in [-0.25, -0.2) is 0 Å². The van der Waals surface area contributed by atoms with Crippen LogP contribution in [0.3, 0.4) is 0 Å². The minimum atomic E-state index is 0.0462. The second-order valence-corrected chi connectivity index (χ2v) is 7.57. The Labute approximate surface area is 160 Å². The molecule has 0 amide bonds. The molecule has 1 heterocycles. The van der Waals surface area contributed by atoms with Crippen LogP contribution in [0.2, 0.25) is 0 Å². The fraction of sp³-hybridized carbons (Fsp3) is 0.435. The van der Waals surface area contributed by atoms with Gasteiger partial charge in [0.1, 0.15) is 17.3 Å². The topological polar surface area (TPSA) is 47.6 Å². The van der Waals surface area contributed by atoms with Crippen molar-refractivity contribution >= 4 is 5.78 Å². The predicted octanol–water partition coefficient (Wildman–Crippen LogP) is 4.46. The van der Waals surface area contributed by atoms with Gasteiger partial charge in [0.2, 0.25) is 0 Å². The molecular weight excluding hydrogens is 338 g/mol. The molecule has 0 radical (unpaired) electrons. The van der Waals surface area contributed by atoms with Crippen LogP contribution < -0.4 is 14.8 Å². The fourth-order valence-electron chi connectivity index (χ4n) is 4.66. The molecule has 1 saturated heterocycles. The van der Waals surface area contributed by atoms with Crippen molar-refractivity contribution in [1.82, 2.24) is 5.32 Å². The van der Waals surface area contributed by atoms with Gasteiger partial charge in [-0.1, -0.05) is 37.1 Å². The van der Waals surface area contributed by atoms with Crippen molar-refractivity contribution in [3.05, 3.63) is 59.7 Å². The number of hydrogen-bond donors (Lipinski definition) is 1. The standard InChI is InChI=1S/C23H27NO3/c1-26-17-11-7-15(8-12-17)21-19-5-3-4-6-20(23(19)25)22(24-21)16-9-13-18(27-2)14-10-16/h7-14,19-22,24H,3-6H2,1-2H3/t19-,20+,21-,22-/m0/s1. The maximum atomic E-state index is 13.4. The van der Waals surface area contributed by atoms with Gasteiger partial charge in [0.05, 0.1) is 14.2 Å². The van der Waals surface area contributed by atoms with E-state index in [1.54, 1.807) is 14.2 Å². The molecule has 2 aromatic rings. The van der Waals surface area contributed by atoms with Gasteiger partial charge >= 0.3 is 0 Å². The van der Waals surface area contributed by atoms with Crippen molar-refractivity contribution in [2.45, 2.75) is 37.8 Å². The molecule has 1 N–H and O–H groups in total. The van der Waals surface area contributed by atoms with E-state index in [2.05, 4.69) is 29.6 Å². The molecule has 1 aliphatic carbocycles. The minimum Gasteiger partial charge on any atom is -0.497 e. The fourth-order valence-corrected chi connectivity index (χ4v) is 4.66. The molecule has 4 nitrogen and oxygen atoms in total. The third-order valence-corrected chi connectivity index (χ3v) is 6.12. The van der Waals surface area contributed by atoms with Crippen molar-refractivity contribution in [2.75, 3.05) is 14.2 Å². The van der Waals surface area contributed by atoms with E-state index in [4.69, 9.17) is 9.47 Å². The minimum absolute atomic E-state index is 0.0462. The van der Waals surface area contributed by atoms with E-state index in [1.807, 2.05) is 24.3 Å². The molecule has 1 aliphatic heterocycles. The lowest BCUT2D eigenvalue weighted by Crippen LogP contribution is -2.47. The second-order valence-electron chi connectivity index (χ2n) is 7.57. The number of ether oxygens (including phenoxy) is 2. The zero-order valence-electron chi connectivity index (χ0n) is 16.0. The van der Waals surface area contributed by atoms with E-state index in [0.29, 0.717) is 5.78 Å². The van der Waals surface area contributed by atoms with Crippen LogP contribution in [0.15, 0.2) is 48.5 Å². The van der Waals surface area contributed by atoms with Gasteiger partial charge in [0, 0.05) is 23.9 Å². The number of methoxy groups -OCH3 is 2. The smallest absolute Gasteiger partial charge is 0.142 e. The van der Waals surface area contributed by atoms with Gasteiger partial charge in [0.25, 0.3) is 0 Å². The third kappa shape index (κ3) is 3.46. The van der Waals surface area contributed by atoms with E-state index in [1.165, 1.54) is 0 Å². The number of Topliss-reactive ketones (excluding diaryl/α,β-unsaturated/α-hetero) is 1. The number of benzene rings is 2. The Morgan fingerprint density at radius 3 is 1.52 bits per heavy atom. The summed E-state index contributed by atoms with van der Waals surface area (Å²) in [5.41, 5.74) is 2.32. The molecule has 0 spiro atoms. The van der Waals surface area contributed by atoms with Crippen molar-refractivity contribution in [3.63, 3.8) is 0 Å². The number of nitrogens with one attached hydrogen (secondary N) is 1. The SMILES string of the molecule is COc1ccc([C@@H]2N[C@@H](c3ccc(OC)cc3)[C@H]3CCCC[C@@H]2C3=O)cc1.